The minimum atomic E-state index is -2.08. The first kappa shape index (κ1) is 27.3. The van der Waals surface area contributed by atoms with Crippen molar-refractivity contribution in [2.75, 3.05) is 11.1 Å². The first-order valence-corrected chi connectivity index (χ1v) is 13.4. The number of ether oxygens (including phenoxy) is 2. The van der Waals surface area contributed by atoms with Gasteiger partial charge in [-0.15, -0.1) is 0 Å². The van der Waals surface area contributed by atoms with Gasteiger partial charge in [-0.25, -0.2) is 4.98 Å². The number of anilines is 1. The molecule has 3 aromatic rings. The Bertz CT molecular complexity index is 1190. The van der Waals surface area contributed by atoms with Crippen molar-refractivity contribution < 1.29 is 19.4 Å². The Morgan fingerprint density at radius 3 is 2.56 bits per heavy atom. The lowest BCUT2D eigenvalue weighted by molar-refractivity contribution is -0.268. The second-order valence-corrected chi connectivity index (χ2v) is 11.8. The summed E-state index contributed by atoms with van der Waals surface area (Å²) in [6, 6.07) is 14.8. The summed E-state index contributed by atoms with van der Waals surface area (Å²) in [5.74, 6) is -0.0583. The molecule has 0 spiro atoms. The number of hydrogen-bond acceptors (Lipinski definition) is 6. The number of hydrogen-bond donors (Lipinski definition) is 2. The quantitative estimate of drug-likeness (QED) is 0.276. The number of aliphatic hydroxyl groups excluding tert-OH is 1. The largest absolute Gasteiger partial charge is 0.392 e. The van der Waals surface area contributed by atoms with E-state index in [9.17, 15) is 9.90 Å². The van der Waals surface area contributed by atoms with Gasteiger partial charge in [-0.3, -0.25) is 4.79 Å². The molecule has 1 saturated heterocycles. The van der Waals surface area contributed by atoms with E-state index in [1.54, 1.807) is 36.2 Å². The van der Waals surface area contributed by atoms with Crippen LogP contribution in [0.5, 0.6) is 0 Å². The summed E-state index contributed by atoms with van der Waals surface area (Å²) in [6.45, 7) is 2.07. The molecule has 4 unspecified atom stereocenters. The third-order valence-electron chi connectivity index (χ3n) is 5.95. The zero-order chi connectivity index (χ0) is 25.9. The minimum Gasteiger partial charge on any atom is -0.392 e. The minimum absolute atomic E-state index is 0.0251. The average molecular weight is 571 g/mol. The zero-order valence-corrected chi connectivity index (χ0v) is 22.7. The van der Waals surface area contributed by atoms with E-state index in [1.807, 2.05) is 48.1 Å². The molecule has 192 valence electrons. The van der Waals surface area contributed by atoms with Gasteiger partial charge in [-0.05, 0) is 23.3 Å². The van der Waals surface area contributed by atoms with E-state index >= 15 is 0 Å². The van der Waals surface area contributed by atoms with Crippen molar-refractivity contribution in [3.63, 3.8) is 0 Å². The van der Waals surface area contributed by atoms with Gasteiger partial charge in [0.15, 0.2) is 11.4 Å². The number of aromatic nitrogens is 2. The molecule has 1 aromatic heterocycles. The maximum atomic E-state index is 12.1. The molecule has 0 aliphatic carbocycles. The molecule has 36 heavy (non-hydrogen) atoms. The fourth-order valence-electron chi connectivity index (χ4n) is 3.92. The van der Waals surface area contributed by atoms with E-state index in [0.717, 1.165) is 16.3 Å². The monoisotopic (exact) mass is 569 g/mol. The fraction of sp³-hybridized carbons (Fsp3) is 0.360. The fourth-order valence-corrected chi connectivity index (χ4v) is 5.16. The van der Waals surface area contributed by atoms with Gasteiger partial charge in [-0.2, -0.15) is 0 Å². The van der Waals surface area contributed by atoms with Crippen molar-refractivity contribution in [3.8, 4) is 0 Å². The Hall–Kier alpha value is -1.78. The number of benzene rings is 2. The Labute approximate surface area is 229 Å². The summed E-state index contributed by atoms with van der Waals surface area (Å²) in [5, 5.41) is 12.9. The lowest BCUT2D eigenvalue weighted by Gasteiger charge is -2.41. The standard InChI is InChI=1S/C25H26Cl3N3O4S/c1-15-20(14-36-24-29-10-11-31(24)2)34-22(35-21(15)17-8-6-16(13-32)7-9-17)18-4-3-5-19(12-18)30-23(33)25(26,27)28/h3-12,15,20-22,32H,13-14H2,1-2H3,(H,30,33). The van der Waals surface area contributed by atoms with E-state index in [-0.39, 0.29) is 24.7 Å². The summed E-state index contributed by atoms with van der Waals surface area (Å²) < 4.78 is 12.8. The first-order valence-electron chi connectivity index (χ1n) is 11.2. The van der Waals surface area contributed by atoms with Crippen molar-refractivity contribution in [3.05, 3.63) is 77.6 Å². The second-order valence-electron chi connectivity index (χ2n) is 8.53. The number of carbonyl (C=O) groups is 1. The molecule has 0 bridgehead atoms. The van der Waals surface area contributed by atoms with Crippen LogP contribution in [0, 0.1) is 5.92 Å². The van der Waals surface area contributed by atoms with Crippen LogP contribution in [0.3, 0.4) is 0 Å². The molecule has 0 saturated carbocycles. The number of alkyl halides is 3. The maximum Gasteiger partial charge on any atom is 0.276 e. The number of nitrogens with one attached hydrogen (secondary N) is 1. The van der Waals surface area contributed by atoms with E-state index in [2.05, 4.69) is 17.2 Å². The number of imidazole rings is 1. The molecule has 1 amide bonds. The molecule has 4 atom stereocenters. The van der Waals surface area contributed by atoms with Gasteiger partial charge < -0.3 is 24.5 Å². The summed E-state index contributed by atoms with van der Waals surface area (Å²) in [4.78, 5) is 16.5. The molecule has 2 aromatic carbocycles. The van der Waals surface area contributed by atoms with E-state index in [4.69, 9.17) is 44.3 Å². The molecule has 1 fully saturated rings. The molecule has 1 aliphatic rings. The second kappa shape index (κ2) is 11.7. The summed E-state index contributed by atoms with van der Waals surface area (Å²) in [6.07, 6.45) is 2.56. The van der Waals surface area contributed by atoms with Crippen LogP contribution >= 0.6 is 46.6 Å². The number of halogens is 3. The Morgan fingerprint density at radius 2 is 1.92 bits per heavy atom. The van der Waals surface area contributed by atoms with Crippen molar-refractivity contribution >= 4 is 58.2 Å². The van der Waals surface area contributed by atoms with Crippen molar-refractivity contribution in [1.82, 2.24) is 9.55 Å². The SMILES string of the molecule is CC1C(CSc2nccn2C)OC(c2cccc(NC(=O)C(Cl)(Cl)Cl)c2)OC1c1ccc(CO)cc1. The van der Waals surface area contributed by atoms with Crippen LogP contribution < -0.4 is 5.32 Å². The van der Waals surface area contributed by atoms with Gasteiger partial charge in [0.2, 0.25) is 0 Å². The number of amides is 1. The number of nitrogens with zero attached hydrogens (tertiary/aromatic N) is 2. The van der Waals surface area contributed by atoms with Crippen LogP contribution in [-0.2, 0) is 27.9 Å². The highest BCUT2D eigenvalue weighted by molar-refractivity contribution is 7.99. The lowest BCUT2D eigenvalue weighted by Crippen LogP contribution is -2.38. The van der Waals surface area contributed by atoms with Gasteiger partial charge in [0.25, 0.3) is 9.70 Å². The third kappa shape index (κ3) is 6.55. The van der Waals surface area contributed by atoms with Crippen LogP contribution in [0.15, 0.2) is 66.1 Å². The van der Waals surface area contributed by atoms with E-state index in [0.29, 0.717) is 17.0 Å². The van der Waals surface area contributed by atoms with Gasteiger partial charge in [0.1, 0.15) is 0 Å². The predicted molar refractivity (Wildman–Crippen MR) is 142 cm³/mol. The van der Waals surface area contributed by atoms with Crippen molar-refractivity contribution in [2.24, 2.45) is 13.0 Å². The van der Waals surface area contributed by atoms with Gasteiger partial charge in [0.05, 0.1) is 18.8 Å². The molecule has 2 heterocycles. The zero-order valence-electron chi connectivity index (χ0n) is 19.6. The number of thioether (sulfide) groups is 1. The highest BCUT2D eigenvalue weighted by Crippen LogP contribution is 2.43. The maximum absolute atomic E-state index is 12.1. The molecule has 11 heteroatoms. The number of aliphatic hydroxyl groups is 1. The van der Waals surface area contributed by atoms with Gasteiger partial charge in [-0.1, -0.05) is 89.9 Å². The third-order valence-corrected chi connectivity index (χ3v) is 7.61. The van der Waals surface area contributed by atoms with Crippen LogP contribution in [0.25, 0.3) is 0 Å². The van der Waals surface area contributed by atoms with Crippen LogP contribution in [0.2, 0.25) is 0 Å². The highest BCUT2D eigenvalue weighted by Gasteiger charge is 2.39. The van der Waals surface area contributed by atoms with Crippen LogP contribution in [0.1, 0.15) is 36.0 Å². The molecule has 1 aliphatic heterocycles. The Balaban J connectivity index is 1.59. The number of aryl methyl sites for hydroxylation is 1. The van der Waals surface area contributed by atoms with Gasteiger partial charge in [0, 0.05) is 42.4 Å². The van der Waals surface area contributed by atoms with Gasteiger partial charge >= 0.3 is 0 Å². The normalized spacial score (nSPS) is 22.4. The van der Waals surface area contributed by atoms with Crippen molar-refractivity contribution in [1.29, 1.82) is 0 Å². The molecular weight excluding hydrogens is 545 g/mol. The smallest absolute Gasteiger partial charge is 0.276 e. The van der Waals surface area contributed by atoms with E-state index in [1.165, 1.54) is 0 Å². The Kier molecular flexibility index (Phi) is 8.88. The topological polar surface area (TPSA) is 85.6 Å². The molecule has 4 rings (SSSR count). The Morgan fingerprint density at radius 1 is 1.17 bits per heavy atom. The highest BCUT2D eigenvalue weighted by atomic mass is 35.6. The molecule has 2 N–H and O–H groups in total. The summed E-state index contributed by atoms with van der Waals surface area (Å²) >= 11 is 18.7. The predicted octanol–water partition coefficient (Wildman–Crippen LogP) is 5.80. The van der Waals surface area contributed by atoms with E-state index < -0.39 is 16.0 Å². The molecule has 7 nitrogen and oxygen atoms in total. The summed E-state index contributed by atoms with van der Waals surface area (Å²) in [5.41, 5.74) is 2.99. The number of carbonyl (C=O) groups excluding carboxylic acids is 1. The van der Waals surface area contributed by atoms with Crippen molar-refractivity contribution in [2.45, 2.75) is 41.0 Å². The lowest BCUT2D eigenvalue weighted by atomic mass is 9.91. The van der Waals surface area contributed by atoms with Crippen LogP contribution in [0.4, 0.5) is 5.69 Å². The summed E-state index contributed by atoms with van der Waals surface area (Å²) in [7, 11) is 1.95. The number of rotatable bonds is 7. The van der Waals surface area contributed by atoms with Crippen LogP contribution in [-0.4, -0.2) is 36.2 Å². The molecule has 0 radical (unpaired) electrons. The molecular formula is C25H26Cl3N3O4S. The average Bonchev–Trinajstić information content (AvgIpc) is 3.27. The first-order chi connectivity index (χ1) is 17.2.